The van der Waals surface area contributed by atoms with Crippen LogP contribution in [0.4, 0.5) is 8.78 Å². The molecule has 2 rings (SSSR count). The van der Waals surface area contributed by atoms with Crippen molar-refractivity contribution in [3.8, 4) is 0 Å². The Balaban J connectivity index is 1.98. The van der Waals surface area contributed by atoms with Crippen molar-refractivity contribution in [2.45, 2.75) is 17.1 Å². The van der Waals surface area contributed by atoms with Gasteiger partial charge in [0, 0.05) is 16.7 Å². The van der Waals surface area contributed by atoms with Crippen molar-refractivity contribution in [1.82, 2.24) is 0 Å². The monoisotopic (exact) mass is 294 g/mol. The van der Waals surface area contributed by atoms with Crippen molar-refractivity contribution in [3.63, 3.8) is 0 Å². The lowest BCUT2D eigenvalue weighted by atomic mass is 10.1. The summed E-state index contributed by atoms with van der Waals surface area (Å²) >= 11 is 1.27. The number of hydrogen-bond donors (Lipinski definition) is 1. The first-order valence-electron chi connectivity index (χ1n) is 5.92. The zero-order valence-corrected chi connectivity index (χ0v) is 11.3. The molecule has 0 atom stereocenters. The van der Waals surface area contributed by atoms with Gasteiger partial charge in [-0.3, -0.25) is 4.79 Å². The summed E-state index contributed by atoms with van der Waals surface area (Å²) in [6.45, 7) is 0. The van der Waals surface area contributed by atoms with Gasteiger partial charge in [0.25, 0.3) is 0 Å². The normalized spacial score (nSPS) is 10.5. The summed E-state index contributed by atoms with van der Waals surface area (Å²) in [7, 11) is 0. The van der Waals surface area contributed by atoms with Gasteiger partial charge in [-0.05, 0) is 23.3 Å². The van der Waals surface area contributed by atoms with Gasteiger partial charge < -0.3 is 5.11 Å². The molecule has 0 heterocycles. The minimum atomic E-state index is -0.875. The first-order valence-corrected chi connectivity index (χ1v) is 6.90. The van der Waals surface area contributed by atoms with E-state index in [9.17, 15) is 13.6 Å². The van der Waals surface area contributed by atoms with Crippen molar-refractivity contribution >= 4 is 17.7 Å². The fourth-order valence-corrected chi connectivity index (χ4v) is 2.56. The summed E-state index contributed by atoms with van der Waals surface area (Å²) in [4.78, 5) is 10.9. The van der Waals surface area contributed by atoms with E-state index in [1.165, 1.54) is 23.9 Å². The number of carbonyl (C=O) groups is 1. The van der Waals surface area contributed by atoms with E-state index in [0.29, 0.717) is 10.6 Å². The first kappa shape index (κ1) is 14.5. The number of aliphatic carboxylic acids is 1. The molecule has 0 aliphatic heterocycles. The van der Waals surface area contributed by atoms with Crippen LogP contribution in [0.25, 0.3) is 0 Å². The lowest BCUT2D eigenvalue weighted by molar-refractivity contribution is -0.136. The maximum absolute atomic E-state index is 13.4. The standard InChI is InChI=1S/C15H12F2O2S/c16-12-5-6-14(13(17)8-12)20-9-11-3-1-10(2-4-11)7-15(18)19/h1-6,8H,7,9H2,(H,18,19). The Morgan fingerprint density at radius 2 is 1.70 bits per heavy atom. The molecule has 104 valence electrons. The molecule has 0 amide bonds. The summed E-state index contributed by atoms with van der Waals surface area (Å²) in [5.74, 6) is -1.50. The van der Waals surface area contributed by atoms with Gasteiger partial charge in [0.2, 0.25) is 0 Å². The van der Waals surface area contributed by atoms with Gasteiger partial charge in [-0.1, -0.05) is 24.3 Å². The van der Waals surface area contributed by atoms with Crippen molar-refractivity contribution < 1.29 is 18.7 Å². The molecule has 20 heavy (non-hydrogen) atoms. The van der Waals surface area contributed by atoms with Crippen LogP contribution in [0.5, 0.6) is 0 Å². The average molecular weight is 294 g/mol. The SMILES string of the molecule is O=C(O)Cc1ccc(CSc2ccc(F)cc2F)cc1. The molecule has 0 unspecified atom stereocenters. The van der Waals surface area contributed by atoms with Gasteiger partial charge in [0.1, 0.15) is 11.6 Å². The number of rotatable bonds is 5. The fourth-order valence-electron chi connectivity index (χ4n) is 1.68. The molecule has 5 heteroatoms. The third kappa shape index (κ3) is 4.06. The van der Waals surface area contributed by atoms with Crippen molar-refractivity contribution in [3.05, 3.63) is 65.2 Å². The highest BCUT2D eigenvalue weighted by Gasteiger charge is 2.05. The first-order chi connectivity index (χ1) is 9.54. The van der Waals surface area contributed by atoms with Crippen molar-refractivity contribution in [2.24, 2.45) is 0 Å². The van der Waals surface area contributed by atoms with E-state index in [4.69, 9.17) is 5.11 Å². The molecule has 0 radical (unpaired) electrons. The van der Waals surface area contributed by atoms with Crippen LogP contribution in [-0.4, -0.2) is 11.1 Å². The molecule has 2 nitrogen and oxygen atoms in total. The highest BCUT2D eigenvalue weighted by Crippen LogP contribution is 2.26. The summed E-state index contributed by atoms with van der Waals surface area (Å²) in [5, 5.41) is 8.66. The molecule has 0 spiro atoms. The van der Waals surface area contributed by atoms with Gasteiger partial charge in [0.15, 0.2) is 0 Å². The lowest BCUT2D eigenvalue weighted by Crippen LogP contribution is -1.99. The molecule has 2 aromatic rings. The predicted molar refractivity (Wildman–Crippen MR) is 73.7 cm³/mol. The maximum atomic E-state index is 13.4. The molecule has 0 aliphatic carbocycles. The Bertz CT molecular complexity index is 612. The Morgan fingerprint density at radius 1 is 1.05 bits per heavy atom. The number of hydrogen-bond acceptors (Lipinski definition) is 2. The molecule has 0 aliphatic rings. The van der Waals surface area contributed by atoms with Crippen LogP contribution in [0.2, 0.25) is 0 Å². The van der Waals surface area contributed by atoms with Crippen LogP contribution in [-0.2, 0) is 17.0 Å². The van der Waals surface area contributed by atoms with Gasteiger partial charge in [-0.2, -0.15) is 0 Å². The molecular formula is C15H12F2O2S. The number of halogens is 2. The van der Waals surface area contributed by atoms with E-state index in [1.807, 2.05) is 12.1 Å². The highest BCUT2D eigenvalue weighted by molar-refractivity contribution is 7.98. The van der Waals surface area contributed by atoms with Crippen LogP contribution >= 0.6 is 11.8 Å². The smallest absolute Gasteiger partial charge is 0.307 e. The van der Waals surface area contributed by atoms with Crippen LogP contribution in [0.1, 0.15) is 11.1 Å². The zero-order valence-electron chi connectivity index (χ0n) is 10.5. The van der Waals surface area contributed by atoms with Crippen LogP contribution in [0.15, 0.2) is 47.4 Å². The molecule has 0 aromatic heterocycles. The fraction of sp³-hybridized carbons (Fsp3) is 0.133. The van der Waals surface area contributed by atoms with Crippen LogP contribution in [0, 0.1) is 11.6 Å². The quantitative estimate of drug-likeness (QED) is 0.850. The Morgan fingerprint density at radius 3 is 2.30 bits per heavy atom. The van der Waals surface area contributed by atoms with E-state index in [1.54, 1.807) is 12.1 Å². The number of thioether (sulfide) groups is 1. The minimum Gasteiger partial charge on any atom is -0.481 e. The number of carboxylic acids is 1. The molecule has 0 saturated carbocycles. The second-order valence-corrected chi connectivity index (χ2v) is 5.27. The van der Waals surface area contributed by atoms with E-state index >= 15 is 0 Å². The second-order valence-electron chi connectivity index (χ2n) is 4.25. The highest BCUT2D eigenvalue weighted by atomic mass is 32.2. The number of benzene rings is 2. The average Bonchev–Trinajstić information content (AvgIpc) is 2.39. The summed E-state index contributed by atoms with van der Waals surface area (Å²) < 4.78 is 26.2. The van der Waals surface area contributed by atoms with Crippen LogP contribution in [0.3, 0.4) is 0 Å². The molecule has 2 aromatic carbocycles. The Labute approximate surface area is 119 Å². The van der Waals surface area contributed by atoms with Crippen molar-refractivity contribution in [1.29, 1.82) is 0 Å². The summed E-state index contributed by atoms with van der Waals surface area (Å²) in [6, 6.07) is 10.6. The summed E-state index contributed by atoms with van der Waals surface area (Å²) in [5.41, 5.74) is 1.67. The molecular weight excluding hydrogens is 282 g/mol. The third-order valence-corrected chi connectivity index (χ3v) is 3.79. The zero-order chi connectivity index (χ0) is 14.5. The van der Waals surface area contributed by atoms with Gasteiger partial charge in [-0.15, -0.1) is 11.8 Å². The van der Waals surface area contributed by atoms with Gasteiger partial charge in [-0.25, -0.2) is 8.78 Å². The van der Waals surface area contributed by atoms with E-state index in [0.717, 1.165) is 17.2 Å². The minimum absolute atomic E-state index is 0.0139. The molecule has 1 N–H and O–H groups in total. The molecule has 0 saturated heterocycles. The van der Waals surface area contributed by atoms with E-state index in [2.05, 4.69) is 0 Å². The van der Waals surface area contributed by atoms with E-state index in [-0.39, 0.29) is 6.42 Å². The number of carboxylic acid groups (broad SMARTS) is 1. The molecule has 0 fully saturated rings. The van der Waals surface area contributed by atoms with Crippen LogP contribution < -0.4 is 0 Å². The van der Waals surface area contributed by atoms with E-state index < -0.39 is 17.6 Å². The third-order valence-electron chi connectivity index (χ3n) is 2.67. The van der Waals surface area contributed by atoms with Gasteiger partial charge >= 0.3 is 5.97 Å². The Hall–Kier alpha value is -1.88. The predicted octanol–water partition coefficient (Wildman–Crippen LogP) is 3.88. The van der Waals surface area contributed by atoms with Gasteiger partial charge in [0.05, 0.1) is 6.42 Å². The Kier molecular flexibility index (Phi) is 4.74. The maximum Gasteiger partial charge on any atom is 0.307 e. The lowest BCUT2D eigenvalue weighted by Gasteiger charge is -2.04. The van der Waals surface area contributed by atoms with Crippen molar-refractivity contribution in [2.75, 3.05) is 0 Å². The summed E-state index contributed by atoms with van der Waals surface area (Å²) in [6.07, 6.45) is -0.0139. The largest absolute Gasteiger partial charge is 0.481 e. The topological polar surface area (TPSA) is 37.3 Å². The second kappa shape index (κ2) is 6.52. The molecule has 0 bridgehead atoms.